The van der Waals surface area contributed by atoms with Gasteiger partial charge >= 0.3 is 0 Å². The molecule has 0 radical (unpaired) electrons. The number of nitrogens with one attached hydrogen (secondary N) is 1. The topological polar surface area (TPSA) is 51.2 Å². The number of anilines is 1. The van der Waals surface area contributed by atoms with Crippen molar-refractivity contribution in [2.24, 2.45) is 0 Å². The fraction of sp³-hybridized carbons (Fsp3) is 0.286. The van der Waals surface area contributed by atoms with Crippen LogP contribution in [0.15, 0.2) is 58.9 Å². The highest BCUT2D eigenvalue weighted by atomic mass is 32.2. The smallest absolute Gasteiger partial charge is 0.259 e. The van der Waals surface area contributed by atoms with Crippen LogP contribution < -0.4 is 10.1 Å². The minimum absolute atomic E-state index is 0.146. The molecule has 0 aliphatic carbocycles. The lowest BCUT2D eigenvalue weighted by molar-refractivity contribution is 0.102. The third kappa shape index (κ3) is 5.29. The highest BCUT2D eigenvalue weighted by molar-refractivity contribution is 8.00. The number of amides is 1. The Morgan fingerprint density at radius 1 is 1.06 bits per heavy atom. The molecule has 176 valence electrons. The van der Waals surface area contributed by atoms with Crippen molar-refractivity contribution in [2.75, 3.05) is 12.4 Å². The van der Waals surface area contributed by atoms with Crippen LogP contribution >= 0.6 is 23.1 Å². The van der Waals surface area contributed by atoms with E-state index in [1.54, 1.807) is 42.3 Å². The number of aromatic nitrogens is 1. The Hall–Kier alpha value is -2.83. The van der Waals surface area contributed by atoms with E-state index in [9.17, 15) is 4.79 Å². The zero-order valence-electron chi connectivity index (χ0n) is 20.5. The maximum absolute atomic E-state index is 12.7. The van der Waals surface area contributed by atoms with E-state index in [1.807, 2.05) is 30.3 Å². The van der Waals surface area contributed by atoms with Crippen molar-refractivity contribution < 1.29 is 9.53 Å². The monoisotopic (exact) mass is 490 g/mol. The Morgan fingerprint density at radius 3 is 2.44 bits per heavy atom. The van der Waals surface area contributed by atoms with Crippen molar-refractivity contribution in [2.45, 2.75) is 50.1 Å². The second-order valence-corrected chi connectivity index (χ2v) is 11.7. The molecule has 1 N–H and O–H groups in total. The van der Waals surface area contributed by atoms with E-state index in [-0.39, 0.29) is 11.3 Å². The molecule has 6 heteroatoms. The van der Waals surface area contributed by atoms with Crippen LogP contribution in [0.2, 0.25) is 0 Å². The van der Waals surface area contributed by atoms with Gasteiger partial charge in [0.05, 0.1) is 22.9 Å². The number of benzene rings is 3. The normalized spacial score (nSPS) is 11.6. The lowest BCUT2D eigenvalue weighted by Crippen LogP contribution is -2.12. The Balaban J connectivity index is 1.49. The van der Waals surface area contributed by atoms with E-state index in [2.05, 4.69) is 52.1 Å². The van der Waals surface area contributed by atoms with Crippen LogP contribution in [0.3, 0.4) is 0 Å². The number of ether oxygens (including phenoxy) is 1. The van der Waals surface area contributed by atoms with Crippen LogP contribution in [-0.4, -0.2) is 18.0 Å². The standard InChI is InChI=1S/C28H30N2O2S2/c1-17-13-19(28(3,4)5)14-18(2)22(17)16-33-27-30-23-12-11-20(15-25(23)34-27)29-26(31)21-9-7-8-10-24(21)32-6/h7-15H,16H2,1-6H3,(H,29,31). The van der Waals surface area contributed by atoms with Gasteiger partial charge in [-0.2, -0.15) is 0 Å². The van der Waals surface area contributed by atoms with Gasteiger partial charge in [-0.15, -0.1) is 11.3 Å². The molecule has 0 saturated heterocycles. The van der Waals surface area contributed by atoms with Gasteiger partial charge in [-0.3, -0.25) is 4.79 Å². The first-order chi connectivity index (χ1) is 16.2. The number of hydrogen-bond acceptors (Lipinski definition) is 5. The molecule has 0 atom stereocenters. The molecule has 3 aromatic carbocycles. The SMILES string of the molecule is COc1ccccc1C(=O)Nc1ccc2nc(SCc3c(C)cc(C(C)(C)C)cc3C)sc2c1. The average molecular weight is 491 g/mol. The predicted octanol–water partition coefficient (Wildman–Crippen LogP) is 7.76. The molecule has 0 aliphatic heterocycles. The van der Waals surface area contributed by atoms with Crippen LogP contribution in [0.4, 0.5) is 5.69 Å². The molecule has 4 nitrogen and oxygen atoms in total. The first kappa shape index (κ1) is 24.3. The van der Waals surface area contributed by atoms with E-state index in [0.717, 1.165) is 26.0 Å². The van der Waals surface area contributed by atoms with Gasteiger partial charge in [0.25, 0.3) is 5.91 Å². The number of para-hydroxylation sites is 1. The first-order valence-electron chi connectivity index (χ1n) is 11.2. The third-order valence-corrected chi connectivity index (χ3v) is 8.07. The maximum Gasteiger partial charge on any atom is 0.259 e. The molecule has 1 aromatic heterocycles. The number of thiazole rings is 1. The summed E-state index contributed by atoms with van der Waals surface area (Å²) >= 11 is 3.42. The van der Waals surface area contributed by atoms with E-state index in [0.29, 0.717) is 11.3 Å². The molecule has 0 fully saturated rings. The summed E-state index contributed by atoms with van der Waals surface area (Å²) in [6, 6.07) is 17.7. The van der Waals surface area contributed by atoms with Gasteiger partial charge < -0.3 is 10.1 Å². The van der Waals surface area contributed by atoms with Crippen LogP contribution in [0.1, 0.15) is 53.4 Å². The minimum Gasteiger partial charge on any atom is -0.496 e. The lowest BCUT2D eigenvalue weighted by atomic mass is 9.84. The highest BCUT2D eigenvalue weighted by Gasteiger charge is 2.17. The van der Waals surface area contributed by atoms with Gasteiger partial charge in [0.15, 0.2) is 4.34 Å². The number of aryl methyl sites for hydroxylation is 2. The van der Waals surface area contributed by atoms with Gasteiger partial charge in [-0.1, -0.05) is 56.8 Å². The lowest BCUT2D eigenvalue weighted by Gasteiger charge is -2.22. The second kappa shape index (κ2) is 9.80. The summed E-state index contributed by atoms with van der Waals surface area (Å²) in [7, 11) is 1.57. The van der Waals surface area contributed by atoms with Crippen molar-refractivity contribution in [1.82, 2.24) is 4.98 Å². The van der Waals surface area contributed by atoms with Gasteiger partial charge in [-0.25, -0.2) is 4.98 Å². The molecule has 1 heterocycles. The number of nitrogens with zero attached hydrogens (tertiary/aromatic N) is 1. The molecule has 0 spiro atoms. The van der Waals surface area contributed by atoms with Crippen LogP contribution in [0.25, 0.3) is 10.2 Å². The minimum atomic E-state index is -0.194. The fourth-order valence-corrected chi connectivity index (χ4v) is 6.17. The van der Waals surface area contributed by atoms with E-state index in [4.69, 9.17) is 9.72 Å². The van der Waals surface area contributed by atoms with E-state index in [1.165, 1.54) is 22.3 Å². The molecule has 4 rings (SSSR count). The summed E-state index contributed by atoms with van der Waals surface area (Å²) in [6.45, 7) is 11.2. The number of hydrogen-bond donors (Lipinski definition) is 1. The first-order valence-corrected chi connectivity index (χ1v) is 13.0. The number of rotatable bonds is 6. The zero-order valence-corrected chi connectivity index (χ0v) is 22.1. The highest BCUT2D eigenvalue weighted by Crippen LogP contribution is 2.35. The number of methoxy groups -OCH3 is 1. The van der Waals surface area contributed by atoms with Crippen molar-refractivity contribution in [3.05, 3.63) is 82.4 Å². The Kier molecular flexibility index (Phi) is 7.01. The molecular weight excluding hydrogens is 460 g/mol. The van der Waals surface area contributed by atoms with Gasteiger partial charge in [-0.05, 0) is 71.8 Å². The van der Waals surface area contributed by atoms with E-state index >= 15 is 0 Å². The second-order valence-electron chi connectivity index (χ2n) is 9.44. The molecule has 0 bridgehead atoms. The quantitative estimate of drug-likeness (QED) is 0.281. The Bertz CT molecular complexity index is 1330. The zero-order chi connectivity index (χ0) is 24.5. The largest absolute Gasteiger partial charge is 0.496 e. The van der Waals surface area contributed by atoms with Crippen molar-refractivity contribution >= 4 is 44.9 Å². The Morgan fingerprint density at radius 2 is 1.76 bits per heavy atom. The van der Waals surface area contributed by atoms with E-state index < -0.39 is 0 Å². The molecule has 0 saturated carbocycles. The molecule has 0 unspecified atom stereocenters. The Labute approximate surface area is 209 Å². The number of carbonyl (C=O) groups is 1. The molecule has 1 amide bonds. The summed E-state index contributed by atoms with van der Waals surface area (Å²) in [5.41, 5.74) is 7.76. The average Bonchev–Trinajstić information content (AvgIpc) is 3.19. The summed E-state index contributed by atoms with van der Waals surface area (Å²) < 4.78 is 7.39. The fourth-order valence-electron chi connectivity index (χ4n) is 3.86. The van der Waals surface area contributed by atoms with Crippen LogP contribution in [0.5, 0.6) is 5.75 Å². The predicted molar refractivity (Wildman–Crippen MR) is 145 cm³/mol. The van der Waals surface area contributed by atoms with Crippen LogP contribution in [0, 0.1) is 13.8 Å². The van der Waals surface area contributed by atoms with Crippen molar-refractivity contribution in [3.8, 4) is 5.75 Å². The summed E-state index contributed by atoms with van der Waals surface area (Å²) in [5.74, 6) is 1.25. The maximum atomic E-state index is 12.7. The summed E-state index contributed by atoms with van der Waals surface area (Å²) in [4.78, 5) is 17.5. The van der Waals surface area contributed by atoms with Crippen molar-refractivity contribution in [3.63, 3.8) is 0 Å². The van der Waals surface area contributed by atoms with Crippen molar-refractivity contribution in [1.29, 1.82) is 0 Å². The number of fused-ring (bicyclic) bond motifs is 1. The van der Waals surface area contributed by atoms with Gasteiger partial charge in [0.2, 0.25) is 0 Å². The third-order valence-electron chi connectivity index (χ3n) is 5.88. The van der Waals surface area contributed by atoms with Gasteiger partial charge in [0.1, 0.15) is 5.75 Å². The molecule has 4 aromatic rings. The molecular formula is C28H30N2O2S2. The summed E-state index contributed by atoms with van der Waals surface area (Å²) in [6.07, 6.45) is 0. The number of thioether (sulfide) groups is 1. The van der Waals surface area contributed by atoms with Crippen LogP contribution in [-0.2, 0) is 11.2 Å². The molecule has 34 heavy (non-hydrogen) atoms. The number of carbonyl (C=O) groups excluding carboxylic acids is 1. The van der Waals surface area contributed by atoms with Gasteiger partial charge in [0, 0.05) is 11.4 Å². The summed E-state index contributed by atoms with van der Waals surface area (Å²) in [5, 5.41) is 2.98. The molecule has 0 aliphatic rings.